The lowest BCUT2D eigenvalue weighted by Crippen LogP contribution is -2.53. The molecule has 0 aliphatic carbocycles. The van der Waals surface area contributed by atoms with Crippen LogP contribution in [0.15, 0.2) is 24.3 Å². The first-order chi connectivity index (χ1) is 13.2. The van der Waals surface area contributed by atoms with Crippen LogP contribution in [0.3, 0.4) is 0 Å². The first-order valence-electron chi connectivity index (χ1n) is 10.4. The molecule has 1 heterocycles. The van der Waals surface area contributed by atoms with E-state index in [2.05, 4.69) is 0 Å². The lowest BCUT2D eigenvalue weighted by atomic mass is 9.75. The second-order valence-corrected chi connectivity index (χ2v) is 9.95. The van der Waals surface area contributed by atoms with Crippen molar-refractivity contribution < 1.29 is 24.3 Å². The monoisotopic (exact) mass is 405 g/mol. The van der Waals surface area contributed by atoms with Crippen LogP contribution in [0, 0.1) is 0 Å². The van der Waals surface area contributed by atoms with Gasteiger partial charge in [-0.15, -0.1) is 0 Å². The summed E-state index contributed by atoms with van der Waals surface area (Å²) in [7, 11) is -1.11. The molecule has 1 aromatic carbocycles. The Bertz CT molecular complexity index is 683. The van der Waals surface area contributed by atoms with E-state index >= 15 is 0 Å². The molecule has 0 unspecified atom stereocenters. The van der Waals surface area contributed by atoms with E-state index in [-0.39, 0.29) is 6.09 Å². The Labute approximate surface area is 175 Å². The van der Waals surface area contributed by atoms with Crippen LogP contribution in [0.4, 0.5) is 4.79 Å². The molecule has 29 heavy (non-hydrogen) atoms. The number of aliphatic hydroxyl groups is 1. The normalized spacial score (nSPS) is 16.7. The predicted octanol–water partition coefficient (Wildman–Crippen LogP) is 3.05. The summed E-state index contributed by atoms with van der Waals surface area (Å²) in [5.41, 5.74) is -0.633. The third-order valence-corrected chi connectivity index (χ3v) is 5.72. The average molecular weight is 405 g/mol. The number of ether oxygens (including phenoxy) is 1. The van der Waals surface area contributed by atoms with Gasteiger partial charge in [0.15, 0.2) is 0 Å². The summed E-state index contributed by atoms with van der Waals surface area (Å²) >= 11 is 0. The fourth-order valence-electron chi connectivity index (χ4n) is 3.15. The zero-order valence-corrected chi connectivity index (χ0v) is 18.9. The van der Waals surface area contributed by atoms with Crippen LogP contribution in [-0.4, -0.2) is 58.1 Å². The van der Waals surface area contributed by atoms with Crippen molar-refractivity contribution in [3.63, 3.8) is 0 Å². The maximum atomic E-state index is 12.2. The fraction of sp³-hybridized carbons (Fsp3) is 0.682. The Kier molecular flexibility index (Phi) is 7.08. The molecule has 7 heteroatoms. The van der Waals surface area contributed by atoms with Gasteiger partial charge in [0.05, 0.1) is 11.2 Å². The standard InChI is InChI=1S/C22H36BNO5/c1-20(2,3)28-19(25)24-14-12-17(13-15-24)16-8-10-18(11-9-16)23(27)29-22(6,7)21(4,5)26/h8-11,17,26-27H,12-15H2,1-7H3. The third-order valence-electron chi connectivity index (χ3n) is 5.72. The highest BCUT2D eigenvalue weighted by atomic mass is 16.6. The van der Waals surface area contributed by atoms with Crippen LogP contribution in [-0.2, 0) is 9.39 Å². The molecule has 2 N–H and O–H groups in total. The van der Waals surface area contributed by atoms with Crippen LogP contribution in [0.1, 0.15) is 72.8 Å². The molecule has 1 aliphatic heterocycles. The molecular formula is C22H36BNO5. The van der Waals surface area contributed by atoms with Crippen molar-refractivity contribution in [2.75, 3.05) is 13.1 Å². The predicted molar refractivity (Wildman–Crippen MR) is 115 cm³/mol. The summed E-state index contributed by atoms with van der Waals surface area (Å²) in [6.45, 7) is 13.8. The quantitative estimate of drug-likeness (QED) is 0.737. The molecule has 1 aliphatic rings. The van der Waals surface area contributed by atoms with Gasteiger partial charge in [0.2, 0.25) is 0 Å². The second-order valence-electron chi connectivity index (χ2n) is 9.95. The number of hydrogen-bond acceptors (Lipinski definition) is 5. The Balaban J connectivity index is 1.94. The molecule has 1 saturated heterocycles. The summed E-state index contributed by atoms with van der Waals surface area (Å²) < 4.78 is 11.2. The number of amides is 1. The number of piperidine rings is 1. The van der Waals surface area contributed by atoms with E-state index in [1.54, 1.807) is 32.6 Å². The Morgan fingerprint density at radius 1 is 1.03 bits per heavy atom. The van der Waals surface area contributed by atoms with E-state index in [4.69, 9.17) is 9.39 Å². The second kappa shape index (κ2) is 8.66. The van der Waals surface area contributed by atoms with Gasteiger partial charge in [-0.2, -0.15) is 0 Å². The van der Waals surface area contributed by atoms with Gasteiger partial charge in [0.25, 0.3) is 0 Å². The van der Waals surface area contributed by atoms with Gasteiger partial charge in [-0.3, -0.25) is 0 Å². The molecule has 1 fully saturated rings. The SMILES string of the molecule is CC(C)(C)OC(=O)N1CCC(c2ccc(B(O)OC(C)(C)C(C)(C)O)cc2)CC1. The summed E-state index contributed by atoms with van der Waals surface area (Å²) in [6, 6.07) is 7.74. The number of hydrogen-bond donors (Lipinski definition) is 2. The molecule has 0 atom stereocenters. The maximum Gasteiger partial charge on any atom is 0.491 e. The van der Waals surface area contributed by atoms with Crippen molar-refractivity contribution in [3.8, 4) is 0 Å². The molecule has 0 bridgehead atoms. The van der Waals surface area contributed by atoms with Crippen LogP contribution >= 0.6 is 0 Å². The van der Waals surface area contributed by atoms with E-state index in [1.807, 2.05) is 45.0 Å². The molecule has 1 amide bonds. The van der Waals surface area contributed by atoms with Crippen molar-refractivity contribution >= 4 is 18.7 Å². The van der Waals surface area contributed by atoms with Crippen LogP contribution in [0.25, 0.3) is 0 Å². The van der Waals surface area contributed by atoms with E-state index in [0.717, 1.165) is 12.8 Å². The average Bonchev–Trinajstić information content (AvgIpc) is 2.59. The number of carbonyl (C=O) groups is 1. The lowest BCUT2D eigenvalue weighted by Gasteiger charge is -2.38. The minimum Gasteiger partial charge on any atom is -0.444 e. The van der Waals surface area contributed by atoms with Crippen molar-refractivity contribution in [1.29, 1.82) is 0 Å². The van der Waals surface area contributed by atoms with Crippen molar-refractivity contribution in [3.05, 3.63) is 29.8 Å². The summed E-state index contributed by atoms with van der Waals surface area (Å²) in [5, 5.41) is 20.6. The number of benzene rings is 1. The lowest BCUT2D eigenvalue weighted by molar-refractivity contribution is -0.0982. The van der Waals surface area contributed by atoms with Crippen molar-refractivity contribution in [1.82, 2.24) is 4.90 Å². The van der Waals surface area contributed by atoms with Gasteiger partial charge in [0.1, 0.15) is 5.60 Å². The zero-order valence-electron chi connectivity index (χ0n) is 18.9. The number of nitrogens with zero attached hydrogens (tertiary/aromatic N) is 1. The smallest absolute Gasteiger partial charge is 0.444 e. The molecule has 2 rings (SSSR count). The summed E-state index contributed by atoms with van der Waals surface area (Å²) in [6.07, 6.45) is 1.51. The molecule has 0 spiro atoms. The first kappa shape index (κ1) is 23.7. The van der Waals surface area contributed by atoms with Gasteiger partial charge < -0.3 is 24.4 Å². The van der Waals surface area contributed by atoms with Gasteiger partial charge in [0, 0.05) is 13.1 Å². The third kappa shape index (κ3) is 6.46. The van der Waals surface area contributed by atoms with Crippen LogP contribution in [0.2, 0.25) is 0 Å². The minimum atomic E-state index is -1.11. The minimum absolute atomic E-state index is 0.249. The highest BCUT2D eigenvalue weighted by Crippen LogP contribution is 2.29. The first-order valence-corrected chi connectivity index (χ1v) is 10.4. The van der Waals surface area contributed by atoms with Crippen LogP contribution < -0.4 is 5.46 Å². The Hall–Kier alpha value is -1.57. The maximum absolute atomic E-state index is 12.2. The molecule has 0 radical (unpaired) electrons. The van der Waals surface area contributed by atoms with Crippen molar-refractivity contribution in [2.24, 2.45) is 0 Å². The van der Waals surface area contributed by atoms with E-state index < -0.39 is 23.9 Å². The van der Waals surface area contributed by atoms with Gasteiger partial charge >= 0.3 is 13.2 Å². The molecule has 162 valence electrons. The molecular weight excluding hydrogens is 369 g/mol. The Morgan fingerprint density at radius 2 is 1.55 bits per heavy atom. The zero-order chi connectivity index (χ0) is 22.0. The number of likely N-dealkylation sites (tertiary alicyclic amines) is 1. The number of rotatable bonds is 5. The highest BCUT2D eigenvalue weighted by Gasteiger charge is 2.39. The van der Waals surface area contributed by atoms with Gasteiger partial charge in [-0.1, -0.05) is 24.3 Å². The van der Waals surface area contributed by atoms with E-state index in [9.17, 15) is 14.9 Å². The molecule has 1 aromatic rings. The van der Waals surface area contributed by atoms with Gasteiger partial charge in [-0.05, 0) is 78.3 Å². The topological polar surface area (TPSA) is 79.2 Å². The van der Waals surface area contributed by atoms with Crippen molar-refractivity contribution in [2.45, 2.75) is 84.0 Å². The largest absolute Gasteiger partial charge is 0.491 e. The van der Waals surface area contributed by atoms with E-state index in [1.165, 1.54) is 5.56 Å². The fourth-order valence-corrected chi connectivity index (χ4v) is 3.15. The molecule has 6 nitrogen and oxygen atoms in total. The molecule has 0 aromatic heterocycles. The van der Waals surface area contributed by atoms with Gasteiger partial charge in [-0.25, -0.2) is 4.79 Å². The number of carbonyl (C=O) groups excluding carboxylic acids is 1. The summed E-state index contributed by atoms with van der Waals surface area (Å²) in [4.78, 5) is 14.0. The summed E-state index contributed by atoms with van der Waals surface area (Å²) in [5.74, 6) is 0.369. The Morgan fingerprint density at radius 3 is 2.00 bits per heavy atom. The van der Waals surface area contributed by atoms with E-state index in [0.29, 0.717) is 24.5 Å². The highest BCUT2D eigenvalue weighted by molar-refractivity contribution is 6.60. The molecule has 0 saturated carbocycles. The van der Waals surface area contributed by atoms with Crippen LogP contribution in [0.5, 0.6) is 0 Å².